The molecule has 5 nitrogen and oxygen atoms in total. The van der Waals surface area contributed by atoms with Crippen molar-refractivity contribution in [3.63, 3.8) is 0 Å². The molecule has 0 unspecified atom stereocenters. The number of halogens is 1. The van der Waals surface area contributed by atoms with E-state index in [0.29, 0.717) is 16.5 Å². The van der Waals surface area contributed by atoms with Gasteiger partial charge >= 0.3 is 6.03 Å². The van der Waals surface area contributed by atoms with E-state index >= 15 is 0 Å². The van der Waals surface area contributed by atoms with Gasteiger partial charge in [0.05, 0.1) is 25.2 Å². The van der Waals surface area contributed by atoms with Gasteiger partial charge in [-0.1, -0.05) is 11.6 Å². The minimum atomic E-state index is -0.187. The lowest BCUT2D eigenvalue weighted by Crippen LogP contribution is -2.87. The van der Waals surface area contributed by atoms with Crippen molar-refractivity contribution in [1.29, 1.82) is 0 Å². The number of quaternary nitrogens is 1. The molecule has 1 aliphatic heterocycles. The second-order valence-corrected chi connectivity index (χ2v) is 5.00. The molecule has 4 N–H and O–H groups in total. The summed E-state index contributed by atoms with van der Waals surface area (Å²) in [6.45, 7) is 2.14. The van der Waals surface area contributed by atoms with Crippen molar-refractivity contribution in [2.24, 2.45) is 0 Å². The van der Waals surface area contributed by atoms with Crippen molar-refractivity contribution in [3.05, 3.63) is 23.2 Å². The summed E-state index contributed by atoms with van der Waals surface area (Å²) in [5, 5.41) is 8.49. The van der Waals surface area contributed by atoms with Gasteiger partial charge in [0.25, 0.3) is 0 Å². The fourth-order valence-corrected chi connectivity index (χ4v) is 2.43. The van der Waals surface area contributed by atoms with Crippen LogP contribution in [0.2, 0.25) is 5.02 Å². The lowest BCUT2D eigenvalue weighted by Gasteiger charge is -2.21. The lowest BCUT2D eigenvalue weighted by molar-refractivity contribution is -0.663. The number of nitrogens with two attached hydrogens (primary N) is 1. The minimum absolute atomic E-state index is 0.187. The summed E-state index contributed by atoms with van der Waals surface area (Å²) >= 11 is 6.00. The molecule has 0 spiro atoms. The smallest absolute Gasteiger partial charge is 0.319 e. The fourth-order valence-electron chi connectivity index (χ4n) is 2.17. The number of anilines is 1. The number of methoxy groups -OCH3 is 1. The quantitative estimate of drug-likeness (QED) is 0.781. The average molecular weight is 285 g/mol. The molecule has 6 heteroatoms. The zero-order valence-corrected chi connectivity index (χ0v) is 11.7. The van der Waals surface area contributed by atoms with Crippen LogP contribution in [0.25, 0.3) is 0 Å². The van der Waals surface area contributed by atoms with Gasteiger partial charge in [-0.2, -0.15) is 0 Å². The third-order valence-electron chi connectivity index (χ3n) is 3.18. The first kappa shape index (κ1) is 14.0. The molecule has 1 aromatic carbocycles. The first-order valence-corrected chi connectivity index (χ1v) is 6.79. The molecule has 1 aliphatic rings. The molecule has 1 heterocycles. The van der Waals surface area contributed by atoms with Crippen molar-refractivity contribution in [2.45, 2.75) is 18.9 Å². The molecular weight excluding hydrogens is 266 g/mol. The van der Waals surface area contributed by atoms with E-state index < -0.39 is 0 Å². The van der Waals surface area contributed by atoms with Gasteiger partial charge in [0.1, 0.15) is 5.75 Å². The van der Waals surface area contributed by atoms with Crippen molar-refractivity contribution < 1.29 is 14.8 Å². The number of carbonyl (C=O) groups is 1. The van der Waals surface area contributed by atoms with Crippen molar-refractivity contribution in [1.82, 2.24) is 5.32 Å². The van der Waals surface area contributed by atoms with Crippen LogP contribution >= 0.6 is 11.6 Å². The van der Waals surface area contributed by atoms with Gasteiger partial charge in [-0.05, 0) is 18.2 Å². The molecule has 0 atom stereocenters. The van der Waals surface area contributed by atoms with Gasteiger partial charge in [0, 0.05) is 24.6 Å². The summed E-state index contributed by atoms with van der Waals surface area (Å²) in [5.74, 6) is 0.593. The molecule has 0 aromatic heterocycles. The van der Waals surface area contributed by atoms with Crippen LogP contribution in [0.3, 0.4) is 0 Å². The van der Waals surface area contributed by atoms with Crippen LogP contribution < -0.4 is 20.7 Å². The van der Waals surface area contributed by atoms with E-state index in [1.807, 2.05) is 0 Å². The maximum absolute atomic E-state index is 11.8. The SMILES string of the molecule is COc1ccc(NC(=O)NC2CC[NH2+]CC2)cc1Cl. The van der Waals surface area contributed by atoms with E-state index in [4.69, 9.17) is 16.3 Å². The Morgan fingerprint density at radius 3 is 2.79 bits per heavy atom. The zero-order chi connectivity index (χ0) is 13.7. The molecule has 104 valence electrons. The molecule has 0 radical (unpaired) electrons. The third-order valence-corrected chi connectivity index (χ3v) is 3.48. The van der Waals surface area contributed by atoms with Crippen LogP contribution in [0.1, 0.15) is 12.8 Å². The van der Waals surface area contributed by atoms with E-state index in [-0.39, 0.29) is 12.1 Å². The second-order valence-electron chi connectivity index (χ2n) is 4.59. The monoisotopic (exact) mass is 284 g/mol. The zero-order valence-electron chi connectivity index (χ0n) is 10.9. The number of hydrogen-bond donors (Lipinski definition) is 3. The van der Waals surface area contributed by atoms with Crippen molar-refractivity contribution in [3.8, 4) is 5.75 Å². The highest BCUT2D eigenvalue weighted by Crippen LogP contribution is 2.27. The molecule has 0 aliphatic carbocycles. The summed E-state index contributed by atoms with van der Waals surface area (Å²) in [7, 11) is 1.56. The maximum atomic E-state index is 11.8. The van der Waals surface area contributed by atoms with Crippen LogP contribution in [-0.2, 0) is 0 Å². The molecule has 1 aromatic rings. The van der Waals surface area contributed by atoms with Gasteiger partial charge in [-0.15, -0.1) is 0 Å². The molecular formula is C13H19ClN3O2+. The van der Waals surface area contributed by atoms with Crippen LogP contribution in [0.15, 0.2) is 18.2 Å². The second kappa shape index (κ2) is 6.63. The first-order chi connectivity index (χ1) is 9.19. The van der Waals surface area contributed by atoms with Crippen molar-refractivity contribution >= 4 is 23.3 Å². The van der Waals surface area contributed by atoms with Crippen LogP contribution in [0, 0.1) is 0 Å². The summed E-state index contributed by atoms with van der Waals surface area (Å²) in [5.41, 5.74) is 0.658. The summed E-state index contributed by atoms with van der Waals surface area (Å²) < 4.78 is 5.06. The lowest BCUT2D eigenvalue weighted by atomic mass is 10.1. The first-order valence-electron chi connectivity index (χ1n) is 6.42. The van der Waals surface area contributed by atoms with Crippen LogP contribution in [0.4, 0.5) is 10.5 Å². The van der Waals surface area contributed by atoms with E-state index in [1.54, 1.807) is 25.3 Å². The van der Waals surface area contributed by atoms with E-state index in [0.717, 1.165) is 25.9 Å². The minimum Gasteiger partial charge on any atom is -0.495 e. The molecule has 0 saturated carbocycles. The van der Waals surface area contributed by atoms with Gasteiger partial charge in [0.15, 0.2) is 0 Å². The number of ether oxygens (including phenoxy) is 1. The normalized spacial score (nSPS) is 15.9. The summed E-state index contributed by atoms with van der Waals surface area (Å²) in [6.07, 6.45) is 2.02. The van der Waals surface area contributed by atoms with Gasteiger partial charge in [-0.3, -0.25) is 0 Å². The Labute approximate surface area is 117 Å². The van der Waals surface area contributed by atoms with Crippen LogP contribution in [-0.4, -0.2) is 32.3 Å². The number of hydrogen-bond acceptors (Lipinski definition) is 2. The predicted octanol–water partition coefficient (Wildman–Crippen LogP) is 1.20. The van der Waals surface area contributed by atoms with E-state index in [9.17, 15) is 4.79 Å². The topological polar surface area (TPSA) is 67.0 Å². The van der Waals surface area contributed by atoms with E-state index in [2.05, 4.69) is 16.0 Å². The highest BCUT2D eigenvalue weighted by atomic mass is 35.5. The summed E-state index contributed by atoms with van der Waals surface area (Å²) in [6, 6.07) is 5.24. The van der Waals surface area contributed by atoms with Crippen LogP contribution in [0.5, 0.6) is 5.75 Å². The molecule has 0 bridgehead atoms. The number of rotatable bonds is 3. The van der Waals surface area contributed by atoms with Gasteiger partial charge < -0.3 is 20.7 Å². The standard InChI is InChI=1S/C13H18ClN3O2/c1-19-12-3-2-10(8-11(12)14)17-13(18)16-9-4-6-15-7-5-9/h2-3,8-9,15H,4-7H2,1H3,(H2,16,17,18)/p+1. The predicted molar refractivity (Wildman–Crippen MR) is 74.8 cm³/mol. The van der Waals surface area contributed by atoms with Gasteiger partial charge in [0.2, 0.25) is 0 Å². The number of amides is 2. The third kappa shape index (κ3) is 4.01. The molecule has 1 fully saturated rings. The Morgan fingerprint density at radius 1 is 1.42 bits per heavy atom. The highest BCUT2D eigenvalue weighted by Gasteiger charge is 2.17. The summed E-state index contributed by atoms with van der Waals surface area (Å²) in [4.78, 5) is 11.8. The number of nitrogens with one attached hydrogen (secondary N) is 2. The fraction of sp³-hybridized carbons (Fsp3) is 0.462. The number of piperidine rings is 1. The Morgan fingerprint density at radius 2 is 2.16 bits per heavy atom. The number of urea groups is 1. The number of carbonyl (C=O) groups excluding carboxylic acids is 1. The van der Waals surface area contributed by atoms with Gasteiger partial charge in [-0.25, -0.2) is 4.79 Å². The molecule has 2 rings (SSSR count). The maximum Gasteiger partial charge on any atom is 0.319 e. The largest absolute Gasteiger partial charge is 0.495 e. The molecule has 1 saturated heterocycles. The Balaban J connectivity index is 1.89. The Hall–Kier alpha value is -1.46. The molecule has 2 amide bonds. The average Bonchev–Trinajstić information content (AvgIpc) is 2.40. The number of benzene rings is 1. The Bertz CT molecular complexity index is 448. The Kier molecular flexibility index (Phi) is 4.87. The highest BCUT2D eigenvalue weighted by molar-refractivity contribution is 6.32. The molecule has 19 heavy (non-hydrogen) atoms. The van der Waals surface area contributed by atoms with Crippen molar-refractivity contribution in [2.75, 3.05) is 25.5 Å². The van der Waals surface area contributed by atoms with E-state index in [1.165, 1.54) is 0 Å².